The van der Waals surface area contributed by atoms with Crippen LogP contribution < -0.4 is 0 Å². The van der Waals surface area contributed by atoms with E-state index in [1.807, 2.05) is 0 Å². The van der Waals surface area contributed by atoms with Crippen LogP contribution in [0, 0.1) is 0 Å². The SMILES string of the molecule is CCCCCCCC/C=C\CCCCCCCCOS(=O)(=O)[O-].CCCCCCCC/C=C\CCCCCCCCOS(=O)(=O)[O-].[Mg+2]. The first-order valence-electron chi connectivity index (χ1n) is 18.6. The first kappa shape index (κ1) is 51.4. The van der Waals surface area contributed by atoms with Crippen molar-refractivity contribution >= 4 is 43.9 Å². The molecule has 47 heavy (non-hydrogen) atoms. The fourth-order valence-corrected chi connectivity index (χ4v) is 5.67. The number of unbranched alkanes of at least 4 members (excludes halogenated alkanes) is 24. The Hall–Kier alpha value is -0.0138. The molecule has 11 heteroatoms. The summed E-state index contributed by atoms with van der Waals surface area (Å²) in [4.78, 5) is 0. The molecule has 0 spiro atoms. The first-order chi connectivity index (χ1) is 22.1. The van der Waals surface area contributed by atoms with E-state index in [0.29, 0.717) is 12.8 Å². The van der Waals surface area contributed by atoms with E-state index in [-0.39, 0.29) is 36.3 Å². The summed E-state index contributed by atoms with van der Waals surface area (Å²) in [6, 6.07) is 0. The van der Waals surface area contributed by atoms with E-state index >= 15 is 0 Å². The van der Waals surface area contributed by atoms with Crippen LogP contribution in [0.15, 0.2) is 24.3 Å². The molecule has 0 aliphatic heterocycles. The van der Waals surface area contributed by atoms with E-state index in [4.69, 9.17) is 0 Å². The summed E-state index contributed by atoms with van der Waals surface area (Å²) in [5.41, 5.74) is 0. The third kappa shape index (κ3) is 55.6. The Morgan fingerprint density at radius 2 is 0.596 bits per heavy atom. The van der Waals surface area contributed by atoms with E-state index in [1.54, 1.807) is 0 Å². The summed E-state index contributed by atoms with van der Waals surface area (Å²) < 4.78 is 69.6. The van der Waals surface area contributed by atoms with Gasteiger partial charge >= 0.3 is 23.1 Å². The molecule has 0 saturated heterocycles. The van der Waals surface area contributed by atoms with Gasteiger partial charge < -0.3 is 9.11 Å². The number of hydrogen-bond donors (Lipinski definition) is 0. The van der Waals surface area contributed by atoms with Gasteiger partial charge in [-0.3, -0.25) is 8.37 Å². The maximum atomic E-state index is 10.2. The van der Waals surface area contributed by atoms with Crippen molar-refractivity contribution in [2.45, 2.75) is 194 Å². The van der Waals surface area contributed by atoms with E-state index in [0.717, 1.165) is 51.4 Å². The Morgan fingerprint density at radius 1 is 0.383 bits per heavy atom. The Bertz CT molecular complexity index is 805. The molecular formula is C36H70MgO8S2. The molecule has 0 atom stereocenters. The monoisotopic (exact) mass is 718 g/mol. The van der Waals surface area contributed by atoms with Gasteiger partial charge in [0.15, 0.2) is 0 Å². The standard InChI is InChI=1S/2C18H36O4S.Mg/c2*1-2-3-4-5-6-7-8-9-10-11-12-13-14-15-16-17-18-22-23(19,20)21;/h2*9-10H,2-8,11-18H2,1H3,(H,19,20,21);/q;;+2/p-2/b2*10-9-;. The van der Waals surface area contributed by atoms with Crippen molar-refractivity contribution in [2.75, 3.05) is 13.2 Å². The van der Waals surface area contributed by atoms with Crippen LogP contribution in [0.2, 0.25) is 0 Å². The zero-order chi connectivity index (χ0) is 34.5. The molecule has 0 aromatic rings. The van der Waals surface area contributed by atoms with Crippen LogP contribution in [0.5, 0.6) is 0 Å². The van der Waals surface area contributed by atoms with Gasteiger partial charge in [-0.2, -0.15) is 0 Å². The van der Waals surface area contributed by atoms with Crippen LogP contribution >= 0.6 is 0 Å². The minimum Gasteiger partial charge on any atom is -0.726 e. The van der Waals surface area contributed by atoms with Crippen molar-refractivity contribution in [3.63, 3.8) is 0 Å². The topological polar surface area (TPSA) is 133 Å². The third-order valence-corrected chi connectivity index (χ3v) is 8.68. The van der Waals surface area contributed by atoms with Crippen LogP contribution in [-0.4, -0.2) is 62.2 Å². The molecule has 0 unspecified atom stereocenters. The van der Waals surface area contributed by atoms with Crippen LogP contribution in [-0.2, 0) is 29.2 Å². The van der Waals surface area contributed by atoms with Gasteiger partial charge in [-0.1, -0.05) is 154 Å². The van der Waals surface area contributed by atoms with Crippen molar-refractivity contribution in [3.8, 4) is 0 Å². The predicted octanol–water partition coefficient (Wildman–Crippen LogP) is 10.6. The van der Waals surface area contributed by atoms with Gasteiger partial charge in [-0.25, -0.2) is 16.8 Å². The number of rotatable bonds is 34. The van der Waals surface area contributed by atoms with Crippen molar-refractivity contribution in [1.82, 2.24) is 0 Å². The second-order valence-electron chi connectivity index (χ2n) is 12.3. The third-order valence-electron chi connectivity index (χ3n) is 7.77. The van der Waals surface area contributed by atoms with Gasteiger partial charge in [-0.05, 0) is 64.2 Å². The minimum atomic E-state index is -4.50. The maximum absolute atomic E-state index is 10.2. The van der Waals surface area contributed by atoms with Crippen LogP contribution in [0.1, 0.15) is 194 Å². The summed E-state index contributed by atoms with van der Waals surface area (Å²) in [7, 11) is -9.00. The minimum absolute atomic E-state index is 0. The Balaban J connectivity index is -0.000000807. The maximum Gasteiger partial charge on any atom is 2.00 e. The van der Waals surface area contributed by atoms with E-state index in [1.165, 1.54) is 116 Å². The van der Waals surface area contributed by atoms with Gasteiger partial charge in [0, 0.05) is 0 Å². The average molecular weight is 719 g/mol. The molecule has 0 aliphatic carbocycles. The first-order valence-corrected chi connectivity index (χ1v) is 21.3. The molecule has 0 heterocycles. The van der Waals surface area contributed by atoms with E-state index in [9.17, 15) is 25.9 Å². The molecule has 0 fully saturated rings. The summed E-state index contributed by atoms with van der Waals surface area (Å²) in [5.74, 6) is 0. The zero-order valence-electron chi connectivity index (χ0n) is 30.3. The smallest absolute Gasteiger partial charge is 0.726 e. The second-order valence-corrected chi connectivity index (χ2v) is 14.4. The quantitative estimate of drug-likeness (QED) is 0.0211. The Morgan fingerprint density at radius 3 is 0.830 bits per heavy atom. The molecular weight excluding hydrogens is 649 g/mol. The van der Waals surface area contributed by atoms with Gasteiger partial charge in [-0.15, -0.1) is 0 Å². The molecule has 0 aliphatic rings. The molecule has 0 aromatic heterocycles. The largest absolute Gasteiger partial charge is 2.00 e. The van der Waals surface area contributed by atoms with Gasteiger partial charge in [0.05, 0.1) is 13.2 Å². The second kappa shape index (κ2) is 40.4. The number of allylic oxidation sites excluding steroid dienone is 4. The van der Waals surface area contributed by atoms with Crippen LogP contribution in [0.25, 0.3) is 0 Å². The van der Waals surface area contributed by atoms with Gasteiger partial charge in [0.2, 0.25) is 20.8 Å². The molecule has 0 radical (unpaired) electrons. The normalized spacial score (nSPS) is 12.0. The molecule has 0 aromatic carbocycles. The molecule has 8 nitrogen and oxygen atoms in total. The van der Waals surface area contributed by atoms with Crippen molar-refractivity contribution < 1.29 is 34.3 Å². The van der Waals surface area contributed by atoms with Gasteiger partial charge in [0.25, 0.3) is 0 Å². The van der Waals surface area contributed by atoms with Crippen LogP contribution in [0.3, 0.4) is 0 Å². The Kier molecular flexibility index (Phi) is 44.2. The zero-order valence-corrected chi connectivity index (χ0v) is 33.4. The van der Waals surface area contributed by atoms with Crippen molar-refractivity contribution in [3.05, 3.63) is 24.3 Å². The summed E-state index contributed by atoms with van der Waals surface area (Å²) in [6.45, 7) is 4.54. The fraction of sp³-hybridized carbons (Fsp3) is 0.889. The molecule has 276 valence electrons. The average Bonchev–Trinajstić information content (AvgIpc) is 2.99. The summed E-state index contributed by atoms with van der Waals surface area (Å²) in [6.07, 6.45) is 42.7. The summed E-state index contributed by atoms with van der Waals surface area (Å²) >= 11 is 0. The van der Waals surface area contributed by atoms with Gasteiger partial charge in [0.1, 0.15) is 0 Å². The molecule has 0 bridgehead atoms. The number of hydrogen-bond acceptors (Lipinski definition) is 8. The van der Waals surface area contributed by atoms with Crippen LogP contribution in [0.4, 0.5) is 0 Å². The van der Waals surface area contributed by atoms with E-state index in [2.05, 4.69) is 46.5 Å². The molecule has 0 rings (SSSR count). The summed E-state index contributed by atoms with van der Waals surface area (Å²) in [5, 5.41) is 0. The fourth-order valence-electron chi connectivity index (χ4n) is 5.02. The van der Waals surface area contributed by atoms with E-state index < -0.39 is 20.8 Å². The predicted molar refractivity (Wildman–Crippen MR) is 196 cm³/mol. The van der Waals surface area contributed by atoms with Crippen molar-refractivity contribution in [1.29, 1.82) is 0 Å². The Labute approximate surface area is 307 Å². The molecule has 0 amide bonds. The van der Waals surface area contributed by atoms with Crippen molar-refractivity contribution in [2.24, 2.45) is 0 Å². The molecule has 0 saturated carbocycles. The molecule has 0 N–H and O–H groups in total.